The highest BCUT2D eigenvalue weighted by Crippen LogP contribution is 2.53. The van der Waals surface area contributed by atoms with E-state index in [2.05, 4.69) is 215 Å². The van der Waals surface area contributed by atoms with Gasteiger partial charge in [0, 0.05) is 0 Å². The quantitative estimate of drug-likeness (QED) is 0.165. The standard InChI is InChI=1S/C15H16.C10H16.C10H8.C10H14.C9H12.C4H10.6C2H6/c1-12(2)13-8-10-15(11-9-13)14-6-4-3-5-7-14;1-7-2-9-4-8(1)5-10(3-7)6-9;1-2-6-10-8-4-3-7-9(10)5-1;1-8(2)10-6-4-9(3)5-7-10;1-8(2)9-6-4-3-5-7-9;1-4(2)3;6*1-2/h3-12H,1-2H3;7-10H,1-6H2;1-8H;4-8H,1-3H3;3-8H,1-2H3;4H,1-3H3;6*1-2H3. The van der Waals surface area contributed by atoms with E-state index in [1.165, 1.54) is 67.8 Å². The van der Waals surface area contributed by atoms with Crippen LogP contribution in [-0.2, 0) is 0 Å². The van der Waals surface area contributed by atoms with Gasteiger partial charge in [-0.25, -0.2) is 0 Å². The highest BCUT2D eigenvalue weighted by molar-refractivity contribution is 5.82. The van der Waals surface area contributed by atoms with Gasteiger partial charge in [-0.05, 0) is 131 Å². The largest absolute Gasteiger partial charge is 0.0683 e. The predicted molar refractivity (Wildman–Crippen MR) is 326 cm³/mol. The van der Waals surface area contributed by atoms with Gasteiger partial charge in [-0.15, -0.1) is 0 Å². The molecular weight excluding hydrogens is 841 g/mol. The predicted octanol–water partition coefficient (Wildman–Crippen LogP) is 23.9. The fraction of sp³-hybridized carbons (Fsp3) is 0.514. The van der Waals surface area contributed by atoms with Crippen LogP contribution in [0.5, 0.6) is 0 Å². The Bertz CT molecular complexity index is 1820. The van der Waals surface area contributed by atoms with Gasteiger partial charge in [0.2, 0.25) is 0 Å². The van der Waals surface area contributed by atoms with Gasteiger partial charge < -0.3 is 0 Å². The van der Waals surface area contributed by atoms with Crippen molar-refractivity contribution >= 4 is 10.8 Å². The summed E-state index contributed by atoms with van der Waals surface area (Å²) < 4.78 is 0. The van der Waals surface area contributed by atoms with Crippen molar-refractivity contribution in [2.75, 3.05) is 0 Å². The molecule has 0 radical (unpaired) electrons. The van der Waals surface area contributed by atoms with Crippen LogP contribution in [0.4, 0.5) is 0 Å². The molecule has 70 heavy (non-hydrogen) atoms. The molecule has 0 amide bonds. The normalized spacial score (nSPS) is 15.7. The molecule has 0 unspecified atom stereocenters. The molecule has 4 aliphatic carbocycles. The lowest BCUT2D eigenvalue weighted by Gasteiger charge is -2.49. The van der Waals surface area contributed by atoms with E-state index >= 15 is 0 Å². The fourth-order valence-electron chi connectivity index (χ4n) is 8.60. The Morgan fingerprint density at radius 2 is 0.486 bits per heavy atom. The zero-order valence-corrected chi connectivity index (χ0v) is 49.9. The second-order valence-corrected chi connectivity index (χ2v) is 18.7. The molecule has 4 fully saturated rings. The molecule has 4 bridgehead atoms. The van der Waals surface area contributed by atoms with Crippen molar-refractivity contribution in [1.82, 2.24) is 0 Å². The molecule has 6 aromatic carbocycles. The van der Waals surface area contributed by atoms with E-state index in [1.807, 2.05) is 95.2 Å². The Balaban J connectivity index is -0.000000752. The van der Waals surface area contributed by atoms with Crippen LogP contribution in [0.2, 0.25) is 0 Å². The first-order valence-electron chi connectivity index (χ1n) is 28.6. The highest BCUT2D eigenvalue weighted by atomic mass is 14.5. The van der Waals surface area contributed by atoms with Crippen LogP contribution in [0.1, 0.15) is 224 Å². The molecule has 0 aromatic heterocycles. The van der Waals surface area contributed by atoms with Crippen molar-refractivity contribution in [3.63, 3.8) is 0 Å². The first kappa shape index (κ1) is 69.8. The first-order valence-corrected chi connectivity index (χ1v) is 28.6. The fourth-order valence-corrected chi connectivity index (χ4v) is 8.60. The molecule has 0 heterocycles. The Hall–Kier alpha value is -4.42. The van der Waals surface area contributed by atoms with Gasteiger partial charge in [-0.3, -0.25) is 0 Å². The summed E-state index contributed by atoms with van der Waals surface area (Å²) in [7, 11) is 0. The maximum Gasteiger partial charge on any atom is -0.0184 e. The number of rotatable bonds is 4. The van der Waals surface area contributed by atoms with Crippen LogP contribution < -0.4 is 0 Å². The van der Waals surface area contributed by atoms with E-state index < -0.39 is 0 Å². The van der Waals surface area contributed by atoms with Gasteiger partial charge in [-0.1, -0.05) is 309 Å². The topological polar surface area (TPSA) is 0 Å². The van der Waals surface area contributed by atoms with Gasteiger partial charge in [-0.2, -0.15) is 0 Å². The van der Waals surface area contributed by atoms with Crippen LogP contribution in [0.25, 0.3) is 21.9 Å². The molecule has 392 valence electrons. The molecule has 0 aliphatic heterocycles. The third kappa shape index (κ3) is 31.0. The molecule has 0 atom stereocenters. The molecule has 0 saturated heterocycles. The molecule has 0 heteroatoms. The van der Waals surface area contributed by atoms with Crippen molar-refractivity contribution in [2.24, 2.45) is 29.6 Å². The zero-order chi connectivity index (χ0) is 53.9. The Morgan fingerprint density at radius 1 is 0.271 bits per heavy atom. The van der Waals surface area contributed by atoms with E-state index in [4.69, 9.17) is 0 Å². The van der Waals surface area contributed by atoms with Crippen molar-refractivity contribution in [3.8, 4) is 11.1 Å². The Labute approximate surface area is 438 Å². The minimum atomic E-state index is 0.606. The number of hydrogen-bond acceptors (Lipinski definition) is 0. The second-order valence-electron chi connectivity index (χ2n) is 18.7. The summed E-state index contributed by atoms with van der Waals surface area (Å²) in [5.41, 5.74) is 8.15. The first-order chi connectivity index (χ1) is 33.9. The summed E-state index contributed by atoms with van der Waals surface area (Å²) in [6, 6.07) is 55.3. The Morgan fingerprint density at radius 3 is 0.743 bits per heavy atom. The van der Waals surface area contributed by atoms with Gasteiger partial charge >= 0.3 is 0 Å². The van der Waals surface area contributed by atoms with Crippen molar-refractivity contribution in [3.05, 3.63) is 180 Å². The van der Waals surface area contributed by atoms with E-state index in [1.54, 1.807) is 38.5 Å². The summed E-state index contributed by atoms with van der Waals surface area (Å²) in [6.07, 6.45) is 9.62. The summed E-state index contributed by atoms with van der Waals surface area (Å²) >= 11 is 0. The lowest BCUT2D eigenvalue weighted by Crippen LogP contribution is -2.38. The third-order valence-electron chi connectivity index (χ3n) is 11.6. The summed E-state index contributed by atoms with van der Waals surface area (Å²) in [5.74, 6) is 7.46. The lowest BCUT2D eigenvalue weighted by atomic mass is 9.56. The van der Waals surface area contributed by atoms with Crippen LogP contribution in [0.15, 0.2) is 158 Å². The molecule has 0 nitrogen and oxygen atoms in total. The van der Waals surface area contributed by atoms with E-state index in [0.717, 1.165) is 5.92 Å². The SMILES string of the molecule is C1C2CC3CC1CC(C2)C3.CC.CC.CC.CC.CC.CC.CC(C)C.CC(C)c1ccc(-c2ccccc2)cc1.CC(C)c1ccccc1.Cc1ccc(C(C)C)cc1.c1ccc2ccccc2c1. The zero-order valence-electron chi connectivity index (χ0n) is 49.9. The minimum absolute atomic E-state index is 0.606. The number of benzene rings is 6. The van der Waals surface area contributed by atoms with Crippen LogP contribution in [0, 0.1) is 36.5 Å². The number of hydrogen-bond donors (Lipinski definition) is 0. The lowest BCUT2D eigenvalue weighted by molar-refractivity contribution is 0.0198. The molecule has 0 N–H and O–H groups in total. The minimum Gasteiger partial charge on any atom is -0.0683 e. The number of aryl methyl sites for hydroxylation is 1. The van der Waals surface area contributed by atoms with Crippen molar-refractivity contribution < 1.29 is 0 Å². The van der Waals surface area contributed by atoms with Crippen molar-refractivity contribution in [2.45, 2.75) is 209 Å². The van der Waals surface area contributed by atoms with Crippen LogP contribution in [0.3, 0.4) is 0 Å². The summed E-state index contributed by atoms with van der Waals surface area (Å²) in [6.45, 7) is 45.9. The molecule has 4 saturated carbocycles. The van der Waals surface area contributed by atoms with Gasteiger partial charge in [0.15, 0.2) is 0 Å². The summed E-state index contributed by atoms with van der Waals surface area (Å²) in [5, 5.41) is 2.62. The van der Waals surface area contributed by atoms with Gasteiger partial charge in [0.25, 0.3) is 0 Å². The molecular formula is C70H112. The maximum atomic E-state index is 2.22. The Kier molecular flexibility index (Phi) is 45.6. The van der Waals surface area contributed by atoms with Crippen molar-refractivity contribution in [1.29, 1.82) is 0 Å². The van der Waals surface area contributed by atoms with Gasteiger partial charge in [0.1, 0.15) is 0 Å². The monoisotopic (exact) mass is 953 g/mol. The molecule has 0 spiro atoms. The van der Waals surface area contributed by atoms with E-state index in [9.17, 15) is 0 Å². The third-order valence-corrected chi connectivity index (χ3v) is 11.6. The highest BCUT2D eigenvalue weighted by Gasteiger charge is 2.41. The van der Waals surface area contributed by atoms with E-state index in [0.29, 0.717) is 17.8 Å². The second kappa shape index (κ2) is 45.7. The average Bonchev–Trinajstić information content (AvgIpc) is 3.41. The maximum absolute atomic E-state index is 2.22. The van der Waals surface area contributed by atoms with Crippen LogP contribution >= 0.6 is 0 Å². The van der Waals surface area contributed by atoms with Gasteiger partial charge in [0.05, 0.1) is 0 Å². The molecule has 10 rings (SSSR count). The molecule has 4 aliphatic rings. The van der Waals surface area contributed by atoms with E-state index in [-0.39, 0.29) is 0 Å². The smallest absolute Gasteiger partial charge is 0.0184 e. The van der Waals surface area contributed by atoms with Crippen LogP contribution in [-0.4, -0.2) is 0 Å². The number of fused-ring (bicyclic) bond motifs is 1. The summed E-state index contributed by atoms with van der Waals surface area (Å²) in [4.78, 5) is 0. The average molecular weight is 954 g/mol. The molecule has 6 aromatic rings.